The molecule has 3 nitrogen and oxygen atoms in total. The van der Waals surface area contributed by atoms with Crippen LogP contribution in [0.2, 0.25) is 0 Å². The first-order chi connectivity index (χ1) is 5.92. The topological polar surface area (TPSA) is 38.7 Å². The Balaban J connectivity index is 2.79. The van der Waals surface area contributed by atoms with Crippen molar-refractivity contribution < 1.29 is 0 Å². The Morgan fingerprint density at radius 3 is 3.00 bits per heavy atom. The van der Waals surface area contributed by atoms with Crippen molar-refractivity contribution in [1.82, 2.24) is 15.0 Å². The van der Waals surface area contributed by atoms with E-state index >= 15 is 0 Å². The molecule has 2 heterocycles. The number of fused-ring (bicyclic) bond motifs is 1. The normalized spacial score (nSPS) is 10.4. The Labute approximate surface area is 70.5 Å². The van der Waals surface area contributed by atoms with Crippen molar-refractivity contribution in [2.45, 2.75) is 13.3 Å². The highest BCUT2D eigenvalue weighted by Crippen LogP contribution is 2.11. The summed E-state index contributed by atoms with van der Waals surface area (Å²) in [7, 11) is 0. The van der Waals surface area contributed by atoms with Gasteiger partial charge in [0, 0.05) is 11.6 Å². The highest BCUT2D eigenvalue weighted by atomic mass is 14.9. The van der Waals surface area contributed by atoms with Crippen molar-refractivity contribution in [1.29, 1.82) is 0 Å². The van der Waals surface area contributed by atoms with Crippen LogP contribution in [0.5, 0.6) is 0 Å². The van der Waals surface area contributed by atoms with Crippen molar-refractivity contribution in [3.05, 3.63) is 30.4 Å². The molecule has 0 unspecified atom stereocenters. The van der Waals surface area contributed by atoms with Crippen LogP contribution < -0.4 is 0 Å². The predicted octanol–water partition coefficient (Wildman–Crippen LogP) is 1.59. The van der Waals surface area contributed by atoms with Crippen molar-refractivity contribution in [3.63, 3.8) is 0 Å². The SMILES string of the molecule is CCc1ncnc2ncccc12. The average molecular weight is 159 g/mol. The molecular formula is C9H9N3. The number of aromatic nitrogens is 3. The second kappa shape index (κ2) is 2.85. The molecule has 0 N–H and O–H groups in total. The minimum absolute atomic E-state index is 0.782. The maximum Gasteiger partial charge on any atom is 0.162 e. The highest BCUT2D eigenvalue weighted by Gasteiger charge is 1.99. The van der Waals surface area contributed by atoms with Gasteiger partial charge in [0.1, 0.15) is 6.33 Å². The Morgan fingerprint density at radius 2 is 2.17 bits per heavy atom. The fraction of sp³-hybridized carbons (Fsp3) is 0.222. The number of nitrogens with zero attached hydrogens (tertiary/aromatic N) is 3. The van der Waals surface area contributed by atoms with Crippen LogP contribution in [0.4, 0.5) is 0 Å². The quantitative estimate of drug-likeness (QED) is 0.634. The van der Waals surface area contributed by atoms with E-state index in [-0.39, 0.29) is 0 Å². The zero-order valence-electron chi connectivity index (χ0n) is 6.86. The standard InChI is InChI=1S/C9H9N3/c1-2-8-7-4-3-5-10-9(7)12-6-11-8/h3-6H,2H2,1H3. The molecule has 0 aromatic carbocycles. The van der Waals surface area contributed by atoms with Gasteiger partial charge in [-0.2, -0.15) is 0 Å². The summed E-state index contributed by atoms with van der Waals surface area (Å²) in [5, 5.41) is 1.06. The molecule has 0 fully saturated rings. The second-order valence-electron chi connectivity index (χ2n) is 2.55. The van der Waals surface area contributed by atoms with Gasteiger partial charge in [0.15, 0.2) is 5.65 Å². The zero-order valence-corrected chi connectivity index (χ0v) is 6.86. The fourth-order valence-corrected chi connectivity index (χ4v) is 1.23. The molecule has 0 spiro atoms. The van der Waals surface area contributed by atoms with Gasteiger partial charge in [0.25, 0.3) is 0 Å². The van der Waals surface area contributed by atoms with E-state index in [2.05, 4.69) is 21.9 Å². The first-order valence-corrected chi connectivity index (χ1v) is 3.96. The molecule has 0 saturated heterocycles. The molecule has 0 saturated carbocycles. The number of rotatable bonds is 1. The Morgan fingerprint density at radius 1 is 1.25 bits per heavy atom. The summed E-state index contributed by atoms with van der Waals surface area (Å²) in [6.45, 7) is 2.08. The van der Waals surface area contributed by atoms with Gasteiger partial charge in [0.2, 0.25) is 0 Å². The molecule has 0 radical (unpaired) electrons. The van der Waals surface area contributed by atoms with Crippen molar-refractivity contribution in [3.8, 4) is 0 Å². The van der Waals surface area contributed by atoms with Gasteiger partial charge in [-0.3, -0.25) is 0 Å². The highest BCUT2D eigenvalue weighted by molar-refractivity contribution is 5.76. The molecule has 0 aliphatic rings. The van der Waals surface area contributed by atoms with E-state index in [4.69, 9.17) is 0 Å². The van der Waals surface area contributed by atoms with Crippen molar-refractivity contribution >= 4 is 11.0 Å². The zero-order chi connectivity index (χ0) is 8.39. The van der Waals surface area contributed by atoms with Gasteiger partial charge < -0.3 is 0 Å². The smallest absolute Gasteiger partial charge is 0.162 e. The van der Waals surface area contributed by atoms with Gasteiger partial charge >= 0.3 is 0 Å². The Kier molecular flexibility index (Phi) is 1.70. The molecular weight excluding hydrogens is 150 g/mol. The summed E-state index contributed by atoms with van der Waals surface area (Å²) < 4.78 is 0. The lowest BCUT2D eigenvalue weighted by atomic mass is 10.2. The molecule has 0 aliphatic heterocycles. The van der Waals surface area contributed by atoms with Crippen LogP contribution in [0.3, 0.4) is 0 Å². The lowest BCUT2D eigenvalue weighted by Crippen LogP contribution is -1.92. The number of aryl methyl sites for hydroxylation is 1. The third kappa shape index (κ3) is 1.03. The summed E-state index contributed by atoms with van der Waals surface area (Å²) in [6.07, 6.45) is 4.23. The monoisotopic (exact) mass is 159 g/mol. The third-order valence-corrected chi connectivity index (χ3v) is 1.83. The molecule has 60 valence electrons. The fourth-order valence-electron chi connectivity index (χ4n) is 1.23. The van der Waals surface area contributed by atoms with Crippen molar-refractivity contribution in [2.75, 3.05) is 0 Å². The van der Waals surface area contributed by atoms with E-state index in [1.54, 1.807) is 12.5 Å². The van der Waals surface area contributed by atoms with Gasteiger partial charge in [-0.05, 0) is 18.6 Å². The van der Waals surface area contributed by atoms with Gasteiger partial charge in [-0.15, -0.1) is 0 Å². The molecule has 0 bridgehead atoms. The van der Waals surface area contributed by atoms with Crippen LogP contribution in [0.25, 0.3) is 11.0 Å². The lowest BCUT2D eigenvalue weighted by Gasteiger charge is -1.99. The third-order valence-electron chi connectivity index (χ3n) is 1.83. The number of hydrogen-bond acceptors (Lipinski definition) is 3. The van der Waals surface area contributed by atoms with Crippen LogP contribution in [-0.4, -0.2) is 15.0 Å². The summed E-state index contributed by atoms with van der Waals surface area (Å²) in [5.41, 5.74) is 1.84. The van der Waals surface area contributed by atoms with Gasteiger partial charge in [0.05, 0.1) is 5.69 Å². The van der Waals surface area contributed by atoms with E-state index in [0.717, 1.165) is 23.1 Å². The van der Waals surface area contributed by atoms with Crippen LogP contribution in [0, 0.1) is 0 Å². The summed E-state index contributed by atoms with van der Waals surface area (Å²) in [5.74, 6) is 0. The minimum atomic E-state index is 0.782. The van der Waals surface area contributed by atoms with Crippen molar-refractivity contribution in [2.24, 2.45) is 0 Å². The molecule has 0 amide bonds. The van der Waals surface area contributed by atoms with E-state index < -0.39 is 0 Å². The lowest BCUT2D eigenvalue weighted by molar-refractivity contribution is 1.02. The molecule has 12 heavy (non-hydrogen) atoms. The molecule has 2 aromatic rings. The predicted molar refractivity (Wildman–Crippen MR) is 46.7 cm³/mol. The maximum atomic E-state index is 4.17. The Bertz CT molecular complexity index is 392. The Hall–Kier alpha value is -1.51. The first kappa shape index (κ1) is 7.16. The molecule has 0 atom stereocenters. The summed E-state index contributed by atoms with van der Waals surface area (Å²) in [4.78, 5) is 12.4. The average Bonchev–Trinajstić information content (AvgIpc) is 2.17. The first-order valence-electron chi connectivity index (χ1n) is 3.96. The van der Waals surface area contributed by atoms with Gasteiger partial charge in [-0.25, -0.2) is 15.0 Å². The van der Waals surface area contributed by atoms with Crippen LogP contribution >= 0.6 is 0 Å². The molecule has 2 rings (SSSR count). The molecule has 3 heteroatoms. The summed E-state index contributed by atoms with van der Waals surface area (Å²) >= 11 is 0. The van der Waals surface area contributed by atoms with Gasteiger partial charge in [-0.1, -0.05) is 6.92 Å². The largest absolute Gasteiger partial charge is 0.241 e. The summed E-state index contributed by atoms with van der Waals surface area (Å²) in [6, 6.07) is 3.91. The van der Waals surface area contributed by atoms with E-state index in [1.807, 2.05) is 12.1 Å². The maximum absolute atomic E-state index is 4.17. The minimum Gasteiger partial charge on any atom is -0.241 e. The van der Waals surface area contributed by atoms with E-state index in [0.29, 0.717) is 0 Å². The van der Waals surface area contributed by atoms with Crippen LogP contribution in [-0.2, 0) is 6.42 Å². The van der Waals surface area contributed by atoms with E-state index in [9.17, 15) is 0 Å². The number of pyridine rings is 1. The molecule has 0 aliphatic carbocycles. The van der Waals surface area contributed by atoms with Crippen LogP contribution in [0.1, 0.15) is 12.6 Å². The molecule has 2 aromatic heterocycles. The number of hydrogen-bond donors (Lipinski definition) is 0. The van der Waals surface area contributed by atoms with Crippen LogP contribution in [0.15, 0.2) is 24.7 Å². The second-order valence-corrected chi connectivity index (χ2v) is 2.55. The van der Waals surface area contributed by atoms with E-state index in [1.165, 1.54) is 0 Å².